The molecular weight excluding hydrogens is 284 g/mol. The fourth-order valence-corrected chi connectivity index (χ4v) is 2.30. The molecule has 0 unspecified atom stereocenters. The number of carboxylic acid groups (broad SMARTS) is 1. The van der Waals surface area contributed by atoms with Gasteiger partial charge in [0.25, 0.3) is 0 Å². The molecule has 0 spiro atoms. The number of ether oxygens (including phenoxy) is 1. The number of amides is 2. The maximum absolute atomic E-state index is 11.8. The topological polar surface area (TPSA) is 87.7 Å². The number of nitrogens with one attached hydrogen (secondary N) is 2. The van der Waals surface area contributed by atoms with Gasteiger partial charge < -0.3 is 20.5 Å². The highest BCUT2D eigenvalue weighted by Crippen LogP contribution is 2.32. The fourth-order valence-electron chi connectivity index (χ4n) is 2.05. The Balaban J connectivity index is 2.01. The summed E-state index contributed by atoms with van der Waals surface area (Å²) < 4.78 is 5.01. The third-order valence-corrected chi connectivity index (χ3v) is 3.67. The molecule has 3 N–H and O–H groups in total. The molecule has 0 aliphatic heterocycles. The van der Waals surface area contributed by atoms with Crippen LogP contribution in [0.5, 0.6) is 5.75 Å². The molecular formula is C13H15ClN2O4. The van der Waals surface area contributed by atoms with Gasteiger partial charge in [-0.05, 0) is 37.5 Å². The van der Waals surface area contributed by atoms with Crippen molar-refractivity contribution in [2.24, 2.45) is 0 Å². The Labute approximate surface area is 121 Å². The highest BCUT2D eigenvalue weighted by molar-refractivity contribution is 6.32. The Bertz CT molecular complexity index is 543. The van der Waals surface area contributed by atoms with Crippen molar-refractivity contribution in [2.75, 3.05) is 12.4 Å². The molecule has 0 radical (unpaired) electrons. The molecule has 0 aromatic heterocycles. The van der Waals surface area contributed by atoms with Gasteiger partial charge >= 0.3 is 12.0 Å². The van der Waals surface area contributed by atoms with Crippen LogP contribution in [0.2, 0.25) is 5.02 Å². The van der Waals surface area contributed by atoms with Gasteiger partial charge in [0.1, 0.15) is 11.3 Å². The van der Waals surface area contributed by atoms with Crippen LogP contribution < -0.4 is 15.4 Å². The first-order valence-electron chi connectivity index (χ1n) is 6.13. The first kappa shape index (κ1) is 14.5. The number of anilines is 1. The maximum atomic E-state index is 11.8. The number of hydrogen-bond acceptors (Lipinski definition) is 3. The lowest BCUT2D eigenvalue weighted by molar-refractivity contribution is -0.148. The summed E-state index contributed by atoms with van der Waals surface area (Å²) in [6.07, 6.45) is 1.68. The number of benzene rings is 1. The molecule has 1 aliphatic rings. The number of urea groups is 1. The minimum atomic E-state index is -1.14. The number of rotatable bonds is 4. The van der Waals surface area contributed by atoms with Gasteiger partial charge in [0.2, 0.25) is 0 Å². The van der Waals surface area contributed by atoms with Gasteiger partial charge in [-0.1, -0.05) is 11.6 Å². The number of methoxy groups -OCH3 is 1. The molecule has 0 heterocycles. The quantitative estimate of drug-likeness (QED) is 0.797. The Morgan fingerprint density at radius 2 is 2.10 bits per heavy atom. The first-order valence-corrected chi connectivity index (χ1v) is 6.51. The molecule has 0 bridgehead atoms. The highest BCUT2D eigenvalue weighted by Gasteiger charge is 2.45. The number of halogens is 1. The van der Waals surface area contributed by atoms with E-state index >= 15 is 0 Å². The van der Waals surface area contributed by atoms with E-state index in [4.69, 9.17) is 21.4 Å². The van der Waals surface area contributed by atoms with E-state index in [1.54, 1.807) is 12.1 Å². The van der Waals surface area contributed by atoms with Crippen LogP contribution in [-0.2, 0) is 4.79 Å². The Morgan fingerprint density at radius 3 is 2.55 bits per heavy atom. The fraction of sp³-hybridized carbons (Fsp3) is 0.385. The normalized spacial score (nSPS) is 15.9. The molecule has 2 amide bonds. The van der Waals surface area contributed by atoms with Gasteiger partial charge in [0, 0.05) is 5.69 Å². The van der Waals surface area contributed by atoms with Crippen molar-refractivity contribution < 1.29 is 19.4 Å². The van der Waals surface area contributed by atoms with Crippen molar-refractivity contribution in [3.05, 3.63) is 23.2 Å². The zero-order valence-corrected chi connectivity index (χ0v) is 11.7. The van der Waals surface area contributed by atoms with Gasteiger partial charge in [-0.2, -0.15) is 0 Å². The summed E-state index contributed by atoms with van der Waals surface area (Å²) in [5.41, 5.74) is -0.673. The van der Waals surface area contributed by atoms with Crippen molar-refractivity contribution in [1.29, 1.82) is 0 Å². The zero-order valence-electron chi connectivity index (χ0n) is 10.9. The summed E-state index contributed by atoms with van der Waals surface area (Å²) in [6, 6.07) is 4.22. The maximum Gasteiger partial charge on any atom is 0.329 e. The van der Waals surface area contributed by atoms with Crippen LogP contribution in [0.3, 0.4) is 0 Å². The van der Waals surface area contributed by atoms with E-state index in [0.717, 1.165) is 6.42 Å². The molecule has 2 rings (SSSR count). The molecule has 1 saturated carbocycles. The molecule has 108 valence electrons. The number of carbonyl (C=O) groups is 2. The second-order valence-corrected chi connectivity index (χ2v) is 5.08. The van der Waals surface area contributed by atoms with E-state index in [0.29, 0.717) is 29.3 Å². The monoisotopic (exact) mass is 298 g/mol. The lowest BCUT2D eigenvalue weighted by Crippen LogP contribution is -2.60. The Hall–Kier alpha value is -1.95. The van der Waals surface area contributed by atoms with Crippen molar-refractivity contribution in [3.63, 3.8) is 0 Å². The second-order valence-electron chi connectivity index (χ2n) is 4.67. The smallest absolute Gasteiger partial charge is 0.329 e. The first-order chi connectivity index (χ1) is 9.47. The average Bonchev–Trinajstić information content (AvgIpc) is 2.33. The molecule has 1 aromatic rings. The van der Waals surface area contributed by atoms with Crippen LogP contribution in [-0.4, -0.2) is 29.8 Å². The van der Waals surface area contributed by atoms with E-state index in [2.05, 4.69) is 10.6 Å². The lowest BCUT2D eigenvalue weighted by atomic mass is 9.77. The van der Waals surface area contributed by atoms with Gasteiger partial charge in [0.15, 0.2) is 0 Å². The minimum absolute atomic E-state index is 0.363. The number of aliphatic carboxylic acids is 1. The molecule has 1 aliphatic carbocycles. The average molecular weight is 299 g/mol. The number of carbonyl (C=O) groups excluding carboxylic acids is 1. The number of carboxylic acids is 1. The summed E-state index contributed by atoms with van der Waals surface area (Å²) >= 11 is 5.94. The van der Waals surface area contributed by atoms with E-state index in [1.807, 2.05) is 0 Å². The molecule has 7 heteroatoms. The largest absolute Gasteiger partial charge is 0.495 e. The molecule has 0 saturated heterocycles. The van der Waals surface area contributed by atoms with Crippen LogP contribution in [0.15, 0.2) is 18.2 Å². The summed E-state index contributed by atoms with van der Waals surface area (Å²) in [5, 5.41) is 14.6. The van der Waals surface area contributed by atoms with Crippen LogP contribution in [0.25, 0.3) is 0 Å². The van der Waals surface area contributed by atoms with Crippen molar-refractivity contribution in [3.8, 4) is 5.75 Å². The summed E-state index contributed by atoms with van der Waals surface area (Å²) in [7, 11) is 1.49. The lowest BCUT2D eigenvalue weighted by Gasteiger charge is -2.38. The Kier molecular flexibility index (Phi) is 4.04. The third kappa shape index (κ3) is 2.80. The van der Waals surface area contributed by atoms with E-state index in [1.165, 1.54) is 13.2 Å². The van der Waals surface area contributed by atoms with Gasteiger partial charge in [-0.15, -0.1) is 0 Å². The van der Waals surface area contributed by atoms with E-state index in [9.17, 15) is 9.59 Å². The zero-order chi connectivity index (χ0) is 14.8. The van der Waals surface area contributed by atoms with Crippen molar-refractivity contribution >= 4 is 29.3 Å². The minimum Gasteiger partial charge on any atom is -0.495 e. The van der Waals surface area contributed by atoms with Crippen LogP contribution in [0.1, 0.15) is 19.3 Å². The standard InChI is InChI=1S/C13H15ClN2O4/c1-20-10-4-3-8(7-9(10)14)15-12(19)16-13(11(17)18)5-2-6-13/h3-4,7H,2,5-6H2,1H3,(H,17,18)(H2,15,16,19). The van der Waals surface area contributed by atoms with Crippen molar-refractivity contribution in [2.45, 2.75) is 24.8 Å². The van der Waals surface area contributed by atoms with E-state index < -0.39 is 17.5 Å². The SMILES string of the molecule is COc1ccc(NC(=O)NC2(C(=O)O)CCC2)cc1Cl. The highest BCUT2D eigenvalue weighted by atomic mass is 35.5. The predicted octanol–water partition coefficient (Wildman–Crippen LogP) is 2.48. The van der Waals surface area contributed by atoms with E-state index in [-0.39, 0.29) is 0 Å². The summed E-state index contributed by atoms with van der Waals surface area (Å²) in [5.74, 6) is -0.509. The van der Waals surface area contributed by atoms with Crippen LogP contribution in [0, 0.1) is 0 Å². The van der Waals surface area contributed by atoms with Crippen LogP contribution in [0.4, 0.5) is 10.5 Å². The van der Waals surface area contributed by atoms with Crippen LogP contribution >= 0.6 is 11.6 Å². The van der Waals surface area contributed by atoms with Gasteiger partial charge in [-0.25, -0.2) is 9.59 Å². The number of hydrogen-bond donors (Lipinski definition) is 3. The molecule has 20 heavy (non-hydrogen) atoms. The molecule has 1 fully saturated rings. The van der Waals surface area contributed by atoms with Gasteiger partial charge in [-0.3, -0.25) is 0 Å². The third-order valence-electron chi connectivity index (χ3n) is 3.38. The second kappa shape index (κ2) is 5.58. The Morgan fingerprint density at radius 1 is 1.40 bits per heavy atom. The summed E-state index contributed by atoms with van der Waals surface area (Å²) in [6.45, 7) is 0. The summed E-state index contributed by atoms with van der Waals surface area (Å²) in [4.78, 5) is 23.0. The molecule has 0 atom stereocenters. The molecule has 1 aromatic carbocycles. The van der Waals surface area contributed by atoms with Crippen molar-refractivity contribution in [1.82, 2.24) is 5.32 Å². The molecule has 6 nitrogen and oxygen atoms in total. The van der Waals surface area contributed by atoms with Gasteiger partial charge in [0.05, 0.1) is 12.1 Å². The predicted molar refractivity (Wildman–Crippen MR) is 74.4 cm³/mol.